The molecule has 0 aliphatic heterocycles. The van der Waals surface area contributed by atoms with Crippen LogP contribution in [0.2, 0.25) is 5.02 Å². The molecule has 1 atom stereocenters. The molecule has 2 rings (SSSR count). The molecule has 1 aliphatic carbocycles. The largest absolute Gasteiger partial charge is 0.377 e. The van der Waals surface area contributed by atoms with Crippen LogP contribution in [0.3, 0.4) is 0 Å². The summed E-state index contributed by atoms with van der Waals surface area (Å²) in [5, 5.41) is 0.142. The van der Waals surface area contributed by atoms with E-state index in [4.69, 9.17) is 22.2 Å². The van der Waals surface area contributed by atoms with E-state index in [0.717, 1.165) is 19.3 Å². The molecule has 1 aliphatic rings. The van der Waals surface area contributed by atoms with Gasteiger partial charge in [0.15, 0.2) is 0 Å². The van der Waals surface area contributed by atoms with Crippen molar-refractivity contribution in [1.29, 1.82) is 0 Å². The minimum absolute atomic E-state index is 0.107. The molecule has 3 nitrogen and oxygen atoms in total. The highest BCUT2D eigenvalue weighted by molar-refractivity contribution is 6.30. The van der Waals surface area contributed by atoms with E-state index in [1.807, 2.05) is 0 Å². The number of hydrogen-bond donors (Lipinski definition) is 2. The van der Waals surface area contributed by atoms with Gasteiger partial charge >= 0.3 is 0 Å². The Hall–Kier alpha value is -0.680. The highest BCUT2D eigenvalue weighted by Gasteiger charge is 2.44. The maximum Gasteiger partial charge on any atom is 0.145 e. The molecule has 1 aromatic rings. The lowest BCUT2D eigenvalue weighted by Crippen LogP contribution is -2.59. The fourth-order valence-corrected chi connectivity index (χ4v) is 2.74. The molecule has 1 aromatic carbocycles. The first kappa shape index (κ1) is 13.7. The number of halogens is 2. The second-order valence-electron chi connectivity index (χ2n) is 4.76. The number of hydrogen-bond acceptors (Lipinski definition) is 3. The molecule has 0 spiro atoms. The van der Waals surface area contributed by atoms with Crippen molar-refractivity contribution in [2.24, 2.45) is 5.84 Å². The highest BCUT2D eigenvalue weighted by Crippen LogP contribution is 2.39. The van der Waals surface area contributed by atoms with Gasteiger partial charge in [0.05, 0.1) is 16.7 Å². The van der Waals surface area contributed by atoms with Crippen LogP contribution >= 0.6 is 11.6 Å². The van der Waals surface area contributed by atoms with Crippen LogP contribution < -0.4 is 11.3 Å². The Kier molecular flexibility index (Phi) is 4.22. The van der Waals surface area contributed by atoms with Crippen LogP contribution in [-0.4, -0.2) is 18.8 Å². The molecule has 5 heteroatoms. The van der Waals surface area contributed by atoms with Gasteiger partial charge in [-0.3, -0.25) is 11.3 Å². The zero-order valence-corrected chi connectivity index (χ0v) is 11.1. The summed E-state index contributed by atoms with van der Waals surface area (Å²) in [7, 11) is 1.68. The van der Waals surface area contributed by atoms with Gasteiger partial charge in [-0.15, -0.1) is 0 Å². The number of hydrazine groups is 1. The molecule has 1 fully saturated rings. The average molecular weight is 273 g/mol. The molecule has 0 amide bonds. The van der Waals surface area contributed by atoms with Gasteiger partial charge in [-0.2, -0.15) is 0 Å². The van der Waals surface area contributed by atoms with Crippen molar-refractivity contribution in [2.75, 3.05) is 7.11 Å². The van der Waals surface area contributed by atoms with E-state index < -0.39 is 0 Å². The molecule has 0 aromatic heterocycles. The van der Waals surface area contributed by atoms with E-state index in [9.17, 15) is 4.39 Å². The van der Waals surface area contributed by atoms with Crippen molar-refractivity contribution in [3.63, 3.8) is 0 Å². The van der Waals surface area contributed by atoms with E-state index in [2.05, 4.69) is 5.43 Å². The number of benzene rings is 1. The van der Waals surface area contributed by atoms with E-state index in [1.54, 1.807) is 25.3 Å². The molecular formula is C13H18ClFN2O. The van der Waals surface area contributed by atoms with Gasteiger partial charge < -0.3 is 4.74 Å². The normalized spacial score (nSPS) is 19.3. The van der Waals surface area contributed by atoms with E-state index in [0.29, 0.717) is 12.0 Å². The van der Waals surface area contributed by atoms with E-state index in [1.165, 1.54) is 0 Å². The van der Waals surface area contributed by atoms with Crippen LogP contribution in [0.5, 0.6) is 0 Å². The summed E-state index contributed by atoms with van der Waals surface area (Å²) < 4.78 is 19.4. The number of methoxy groups -OCH3 is 1. The molecule has 0 radical (unpaired) electrons. The average Bonchev–Trinajstić information content (AvgIpc) is 2.32. The van der Waals surface area contributed by atoms with Gasteiger partial charge in [0.1, 0.15) is 5.82 Å². The van der Waals surface area contributed by atoms with Crippen molar-refractivity contribution in [2.45, 2.75) is 37.3 Å². The summed E-state index contributed by atoms with van der Waals surface area (Å²) in [4.78, 5) is 0. The molecule has 18 heavy (non-hydrogen) atoms. The predicted molar refractivity (Wildman–Crippen MR) is 69.8 cm³/mol. The second-order valence-corrected chi connectivity index (χ2v) is 5.17. The summed E-state index contributed by atoms with van der Waals surface area (Å²) in [6, 6.07) is 4.91. The van der Waals surface area contributed by atoms with Crippen LogP contribution in [0.25, 0.3) is 0 Å². The number of ether oxygens (including phenoxy) is 1. The lowest BCUT2D eigenvalue weighted by Gasteiger charge is -2.46. The molecular weight excluding hydrogens is 255 g/mol. The Morgan fingerprint density at radius 3 is 2.78 bits per heavy atom. The third-order valence-electron chi connectivity index (χ3n) is 3.90. The molecule has 0 saturated heterocycles. The van der Waals surface area contributed by atoms with Crippen molar-refractivity contribution in [3.05, 3.63) is 34.6 Å². The van der Waals surface area contributed by atoms with Gasteiger partial charge in [0.2, 0.25) is 0 Å². The number of nitrogens with one attached hydrogen (secondary N) is 1. The summed E-state index contributed by atoms with van der Waals surface area (Å²) in [5.74, 6) is 5.22. The standard InChI is InChI=1S/C13H18ClFN2O/c1-18-13(6-3-7-13)11(17-16)8-9-4-2-5-10(14)12(9)15/h2,4-5,11,17H,3,6-8,16H2,1H3. The lowest BCUT2D eigenvalue weighted by molar-refractivity contribution is -0.0983. The molecule has 1 saturated carbocycles. The van der Waals surface area contributed by atoms with Crippen LogP contribution in [0.4, 0.5) is 4.39 Å². The maximum atomic E-state index is 13.9. The SMILES string of the molecule is COC1(C(Cc2cccc(Cl)c2F)NN)CCC1. The van der Waals surface area contributed by atoms with Crippen molar-refractivity contribution >= 4 is 11.6 Å². The van der Waals surface area contributed by atoms with Crippen molar-refractivity contribution in [1.82, 2.24) is 5.43 Å². The van der Waals surface area contributed by atoms with E-state index in [-0.39, 0.29) is 22.5 Å². The van der Waals surface area contributed by atoms with Gasteiger partial charge in [0, 0.05) is 7.11 Å². The van der Waals surface area contributed by atoms with Crippen molar-refractivity contribution in [3.8, 4) is 0 Å². The minimum Gasteiger partial charge on any atom is -0.377 e. The molecule has 0 bridgehead atoms. The third-order valence-corrected chi connectivity index (χ3v) is 4.19. The fraction of sp³-hybridized carbons (Fsp3) is 0.538. The smallest absolute Gasteiger partial charge is 0.145 e. The fourth-order valence-electron chi connectivity index (χ4n) is 2.54. The first-order valence-corrected chi connectivity index (χ1v) is 6.45. The summed E-state index contributed by atoms with van der Waals surface area (Å²) in [6.07, 6.45) is 3.47. The zero-order valence-electron chi connectivity index (χ0n) is 10.4. The molecule has 3 N–H and O–H groups in total. The van der Waals surface area contributed by atoms with Gasteiger partial charge in [-0.05, 0) is 37.3 Å². The Labute approximate surface area is 111 Å². The van der Waals surface area contributed by atoms with Gasteiger partial charge in [0.25, 0.3) is 0 Å². The monoisotopic (exact) mass is 272 g/mol. The van der Waals surface area contributed by atoms with Gasteiger partial charge in [-0.25, -0.2) is 4.39 Å². The Morgan fingerprint density at radius 1 is 1.56 bits per heavy atom. The summed E-state index contributed by atoms with van der Waals surface area (Å²) in [5.41, 5.74) is 3.05. The van der Waals surface area contributed by atoms with Crippen LogP contribution in [0, 0.1) is 5.82 Å². The number of rotatable bonds is 5. The van der Waals surface area contributed by atoms with E-state index >= 15 is 0 Å². The maximum absolute atomic E-state index is 13.9. The Bertz CT molecular complexity index is 418. The third kappa shape index (κ3) is 2.38. The Balaban J connectivity index is 2.18. The highest BCUT2D eigenvalue weighted by atomic mass is 35.5. The summed E-state index contributed by atoms with van der Waals surface area (Å²) >= 11 is 5.78. The topological polar surface area (TPSA) is 47.3 Å². The van der Waals surface area contributed by atoms with Crippen LogP contribution in [0.1, 0.15) is 24.8 Å². The van der Waals surface area contributed by atoms with Crippen LogP contribution in [0.15, 0.2) is 18.2 Å². The molecule has 100 valence electrons. The molecule has 1 unspecified atom stereocenters. The zero-order chi connectivity index (χ0) is 13.2. The number of nitrogens with two attached hydrogens (primary N) is 1. The quantitative estimate of drug-likeness (QED) is 0.639. The minimum atomic E-state index is -0.370. The Morgan fingerprint density at radius 2 is 2.28 bits per heavy atom. The first-order chi connectivity index (χ1) is 8.63. The molecule has 0 heterocycles. The van der Waals surface area contributed by atoms with Gasteiger partial charge in [-0.1, -0.05) is 23.7 Å². The first-order valence-electron chi connectivity index (χ1n) is 6.07. The summed E-state index contributed by atoms with van der Waals surface area (Å²) in [6.45, 7) is 0. The van der Waals surface area contributed by atoms with Crippen molar-refractivity contribution < 1.29 is 9.13 Å². The lowest BCUT2D eigenvalue weighted by atomic mass is 9.73. The predicted octanol–water partition coefficient (Wildman–Crippen LogP) is 2.42. The second kappa shape index (κ2) is 5.53. The van der Waals surface area contributed by atoms with Crippen LogP contribution in [-0.2, 0) is 11.2 Å².